The zero-order valence-corrected chi connectivity index (χ0v) is 19.4. The molecule has 2 N–H and O–H groups in total. The molecule has 10 nitrogen and oxygen atoms in total. The van der Waals surface area contributed by atoms with Gasteiger partial charge in [-0.2, -0.15) is 0 Å². The molecular formula is C22H24N2O8S. The van der Waals surface area contributed by atoms with Crippen LogP contribution in [0.5, 0.6) is 0 Å². The van der Waals surface area contributed by atoms with Gasteiger partial charge >= 0.3 is 17.9 Å². The summed E-state index contributed by atoms with van der Waals surface area (Å²) in [4.78, 5) is 60.6. The van der Waals surface area contributed by atoms with Crippen LogP contribution in [0, 0.1) is 6.92 Å². The molecule has 0 aliphatic rings. The first kappa shape index (κ1) is 25.5. The second-order valence-corrected chi connectivity index (χ2v) is 7.61. The molecule has 11 heteroatoms. The predicted octanol–water partition coefficient (Wildman–Crippen LogP) is 3.16. The summed E-state index contributed by atoms with van der Waals surface area (Å²) in [6, 6.07) is 6.04. The molecule has 0 aliphatic carbocycles. The number of carbonyl (C=O) groups is 5. The molecule has 2 rings (SSSR count). The van der Waals surface area contributed by atoms with Gasteiger partial charge in [-0.25, -0.2) is 14.4 Å². The van der Waals surface area contributed by atoms with Crippen LogP contribution >= 0.6 is 11.3 Å². The summed E-state index contributed by atoms with van der Waals surface area (Å²) in [7, 11) is 0. The van der Waals surface area contributed by atoms with Crippen LogP contribution in [0.15, 0.2) is 24.3 Å². The number of benzene rings is 1. The van der Waals surface area contributed by atoms with Crippen LogP contribution in [0.3, 0.4) is 0 Å². The largest absolute Gasteiger partial charge is 0.462 e. The number of rotatable bonds is 9. The molecule has 1 aromatic heterocycles. The zero-order chi connectivity index (χ0) is 24.5. The number of nitrogens with one attached hydrogen (secondary N) is 2. The molecule has 1 heterocycles. The van der Waals surface area contributed by atoms with Crippen molar-refractivity contribution in [1.82, 2.24) is 0 Å². The number of carbonyl (C=O) groups excluding carboxylic acids is 5. The Kier molecular flexibility index (Phi) is 9.10. The second-order valence-electron chi connectivity index (χ2n) is 6.59. The van der Waals surface area contributed by atoms with E-state index in [0.717, 1.165) is 11.3 Å². The number of anilines is 2. The van der Waals surface area contributed by atoms with Gasteiger partial charge in [-0.1, -0.05) is 6.07 Å². The maximum Gasteiger partial charge on any atom is 0.348 e. The maximum absolute atomic E-state index is 12.4. The molecule has 1 aromatic carbocycles. The van der Waals surface area contributed by atoms with Crippen molar-refractivity contribution in [3.05, 3.63) is 45.8 Å². The topological polar surface area (TPSA) is 137 Å². The van der Waals surface area contributed by atoms with Crippen molar-refractivity contribution in [2.24, 2.45) is 0 Å². The van der Waals surface area contributed by atoms with Crippen LogP contribution in [0.1, 0.15) is 56.7 Å². The maximum atomic E-state index is 12.4. The summed E-state index contributed by atoms with van der Waals surface area (Å²) < 4.78 is 15.0. The molecule has 0 saturated carbocycles. The Hall–Kier alpha value is -3.73. The molecule has 0 atom stereocenters. The van der Waals surface area contributed by atoms with Gasteiger partial charge in [0.15, 0.2) is 6.61 Å². The van der Waals surface area contributed by atoms with E-state index >= 15 is 0 Å². The quantitative estimate of drug-likeness (QED) is 0.416. The Morgan fingerprint density at radius 3 is 2.21 bits per heavy atom. The Morgan fingerprint density at radius 1 is 0.909 bits per heavy atom. The van der Waals surface area contributed by atoms with Gasteiger partial charge in [0.25, 0.3) is 5.91 Å². The Balaban J connectivity index is 2.13. The third kappa shape index (κ3) is 6.88. The van der Waals surface area contributed by atoms with E-state index in [1.54, 1.807) is 32.9 Å². The number of hydrogen-bond acceptors (Lipinski definition) is 9. The number of hydrogen-bond donors (Lipinski definition) is 2. The average molecular weight is 477 g/mol. The molecule has 2 amide bonds. The average Bonchev–Trinajstić information content (AvgIpc) is 3.07. The summed E-state index contributed by atoms with van der Waals surface area (Å²) >= 11 is 0.867. The van der Waals surface area contributed by atoms with Crippen molar-refractivity contribution >= 4 is 51.7 Å². The summed E-state index contributed by atoms with van der Waals surface area (Å²) in [5.41, 5.74) is 0.894. The standard InChI is InChI=1S/C22H24N2O8S/c1-5-30-21(28)17-12(3)18(22(29)31-6-2)33-19(17)24-16(26)11-32-20(27)14-8-7-9-15(10-14)23-13(4)25/h7-10H,5-6,11H2,1-4H3,(H,23,25)(H,24,26). The lowest BCUT2D eigenvalue weighted by molar-refractivity contribution is -0.119. The fraction of sp³-hybridized carbons (Fsp3) is 0.318. The van der Waals surface area contributed by atoms with Gasteiger partial charge in [0.2, 0.25) is 5.91 Å². The van der Waals surface area contributed by atoms with Gasteiger partial charge in [-0.3, -0.25) is 9.59 Å². The van der Waals surface area contributed by atoms with E-state index in [9.17, 15) is 24.0 Å². The van der Waals surface area contributed by atoms with Crippen LogP contribution in [0.4, 0.5) is 10.7 Å². The third-order valence-corrected chi connectivity index (χ3v) is 5.28. The highest BCUT2D eigenvalue weighted by atomic mass is 32.1. The molecule has 176 valence electrons. The van der Waals surface area contributed by atoms with E-state index < -0.39 is 30.4 Å². The van der Waals surface area contributed by atoms with Gasteiger partial charge in [0.05, 0.1) is 24.3 Å². The molecule has 0 unspecified atom stereocenters. The number of esters is 3. The minimum atomic E-state index is -0.780. The lowest BCUT2D eigenvalue weighted by Gasteiger charge is -2.08. The van der Waals surface area contributed by atoms with Crippen molar-refractivity contribution in [1.29, 1.82) is 0 Å². The van der Waals surface area contributed by atoms with Gasteiger partial charge < -0.3 is 24.8 Å². The monoisotopic (exact) mass is 476 g/mol. The Labute approximate surface area is 194 Å². The van der Waals surface area contributed by atoms with Crippen LogP contribution in [-0.2, 0) is 23.8 Å². The van der Waals surface area contributed by atoms with Crippen molar-refractivity contribution in [3.63, 3.8) is 0 Å². The molecule has 0 saturated heterocycles. The molecule has 33 heavy (non-hydrogen) atoms. The number of amides is 2. The van der Waals surface area contributed by atoms with Gasteiger partial charge in [-0.05, 0) is 44.5 Å². The number of thiophene rings is 1. The van der Waals surface area contributed by atoms with E-state index in [-0.39, 0.29) is 40.1 Å². The summed E-state index contributed by atoms with van der Waals surface area (Å²) in [6.07, 6.45) is 0. The molecule has 0 fully saturated rings. The first-order valence-electron chi connectivity index (χ1n) is 10.00. The van der Waals surface area contributed by atoms with E-state index in [2.05, 4.69) is 10.6 Å². The SMILES string of the molecule is CCOC(=O)c1sc(NC(=O)COC(=O)c2cccc(NC(C)=O)c2)c(C(=O)OCC)c1C. The minimum Gasteiger partial charge on any atom is -0.462 e. The highest BCUT2D eigenvalue weighted by molar-refractivity contribution is 7.18. The number of ether oxygens (including phenoxy) is 3. The van der Waals surface area contributed by atoms with Crippen LogP contribution in [0.25, 0.3) is 0 Å². The molecule has 0 radical (unpaired) electrons. The smallest absolute Gasteiger partial charge is 0.348 e. The van der Waals surface area contributed by atoms with Crippen molar-refractivity contribution in [2.45, 2.75) is 27.7 Å². The molecule has 0 bridgehead atoms. The van der Waals surface area contributed by atoms with E-state index in [1.807, 2.05) is 0 Å². The van der Waals surface area contributed by atoms with Gasteiger partial charge in [-0.15, -0.1) is 11.3 Å². The molecule has 0 aliphatic heterocycles. The lowest BCUT2D eigenvalue weighted by atomic mass is 10.1. The molecular weight excluding hydrogens is 452 g/mol. The minimum absolute atomic E-state index is 0.0348. The van der Waals surface area contributed by atoms with Crippen molar-refractivity contribution in [3.8, 4) is 0 Å². The summed E-state index contributed by atoms with van der Waals surface area (Å²) in [5, 5.41) is 5.12. The highest BCUT2D eigenvalue weighted by Crippen LogP contribution is 2.34. The van der Waals surface area contributed by atoms with E-state index in [0.29, 0.717) is 11.3 Å². The van der Waals surface area contributed by atoms with Crippen molar-refractivity contribution in [2.75, 3.05) is 30.5 Å². The first-order chi connectivity index (χ1) is 15.7. The first-order valence-corrected chi connectivity index (χ1v) is 10.8. The highest BCUT2D eigenvalue weighted by Gasteiger charge is 2.27. The van der Waals surface area contributed by atoms with Gasteiger partial charge in [0, 0.05) is 12.6 Å². The molecule has 2 aromatic rings. The van der Waals surface area contributed by atoms with Crippen LogP contribution in [0.2, 0.25) is 0 Å². The fourth-order valence-electron chi connectivity index (χ4n) is 2.75. The predicted molar refractivity (Wildman–Crippen MR) is 121 cm³/mol. The summed E-state index contributed by atoms with van der Waals surface area (Å²) in [5.74, 6) is -3.13. The van der Waals surface area contributed by atoms with E-state index in [1.165, 1.54) is 19.1 Å². The normalized spacial score (nSPS) is 10.2. The van der Waals surface area contributed by atoms with E-state index in [4.69, 9.17) is 14.2 Å². The second kappa shape index (κ2) is 11.8. The van der Waals surface area contributed by atoms with Crippen LogP contribution in [-0.4, -0.2) is 49.5 Å². The summed E-state index contributed by atoms with van der Waals surface area (Å²) in [6.45, 7) is 5.76. The Morgan fingerprint density at radius 2 is 1.58 bits per heavy atom. The zero-order valence-electron chi connectivity index (χ0n) is 18.6. The van der Waals surface area contributed by atoms with Gasteiger partial charge in [0.1, 0.15) is 9.88 Å². The third-order valence-electron chi connectivity index (χ3n) is 4.09. The fourth-order valence-corrected chi connectivity index (χ4v) is 3.85. The lowest BCUT2D eigenvalue weighted by Crippen LogP contribution is -2.22. The molecule has 0 spiro atoms. The van der Waals surface area contributed by atoms with Crippen molar-refractivity contribution < 1.29 is 38.2 Å². The van der Waals surface area contributed by atoms with Crippen LogP contribution < -0.4 is 10.6 Å². The Bertz CT molecular complexity index is 1080.